The molecule has 164 valence electrons. The van der Waals surface area contributed by atoms with Crippen molar-refractivity contribution < 1.29 is 14.3 Å². The quantitative estimate of drug-likeness (QED) is 0.606. The summed E-state index contributed by atoms with van der Waals surface area (Å²) in [4.78, 5) is 25.1. The van der Waals surface area contributed by atoms with Crippen LogP contribution < -0.4 is 10.6 Å². The maximum Gasteiger partial charge on any atom is 0.337 e. The standard InChI is InChI=1S/C25H26N4O3/c1-14-11-15(2)20(16(3)12-14)23-19(13-29(28-23)18-9-7-6-8-10-18)22-21(24(30)32-5)17(4)26-25(31)27-22/h6-13,22H,1-5H3,(H2,26,27,31). The summed E-state index contributed by atoms with van der Waals surface area (Å²) >= 11 is 0. The van der Waals surface area contributed by atoms with Crippen molar-refractivity contribution in [1.29, 1.82) is 0 Å². The molecule has 0 saturated heterocycles. The number of aryl methyl sites for hydroxylation is 3. The number of carbonyl (C=O) groups is 2. The van der Waals surface area contributed by atoms with Crippen LogP contribution in [-0.4, -0.2) is 28.9 Å². The third-order valence-electron chi connectivity index (χ3n) is 5.66. The van der Waals surface area contributed by atoms with Crippen LogP contribution in [0.2, 0.25) is 0 Å². The van der Waals surface area contributed by atoms with Gasteiger partial charge in [0.2, 0.25) is 0 Å². The summed E-state index contributed by atoms with van der Waals surface area (Å²) in [5.41, 5.74) is 7.41. The first kappa shape index (κ1) is 21.4. The first-order valence-corrected chi connectivity index (χ1v) is 10.4. The van der Waals surface area contributed by atoms with Gasteiger partial charge in [-0.25, -0.2) is 14.3 Å². The van der Waals surface area contributed by atoms with E-state index in [1.54, 1.807) is 11.6 Å². The van der Waals surface area contributed by atoms with Crippen molar-refractivity contribution in [3.05, 3.63) is 82.2 Å². The number of rotatable bonds is 4. The molecule has 32 heavy (non-hydrogen) atoms. The number of para-hydroxylation sites is 1. The van der Waals surface area contributed by atoms with Crippen molar-refractivity contribution in [2.24, 2.45) is 0 Å². The molecule has 2 heterocycles. The third kappa shape index (κ3) is 3.77. The minimum atomic E-state index is -0.705. The molecule has 2 amide bonds. The minimum absolute atomic E-state index is 0.350. The highest BCUT2D eigenvalue weighted by Crippen LogP contribution is 2.37. The Labute approximate surface area is 187 Å². The van der Waals surface area contributed by atoms with Crippen LogP contribution in [0, 0.1) is 20.8 Å². The highest BCUT2D eigenvalue weighted by Gasteiger charge is 2.35. The molecule has 1 aliphatic heterocycles. The van der Waals surface area contributed by atoms with Crippen molar-refractivity contribution in [3.8, 4) is 16.9 Å². The number of methoxy groups -OCH3 is 1. The number of carbonyl (C=O) groups excluding carboxylic acids is 2. The number of nitrogens with zero attached hydrogens (tertiary/aromatic N) is 2. The summed E-state index contributed by atoms with van der Waals surface area (Å²) in [6.45, 7) is 7.84. The van der Waals surface area contributed by atoms with E-state index < -0.39 is 12.0 Å². The van der Waals surface area contributed by atoms with E-state index in [1.165, 1.54) is 7.11 Å². The van der Waals surface area contributed by atoms with Gasteiger partial charge in [-0.15, -0.1) is 0 Å². The lowest BCUT2D eigenvalue weighted by Gasteiger charge is -2.27. The average molecular weight is 431 g/mol. The lowest BCUT2D eigenvalue weighted by Crippen LogP contribution is -2.45. The molecule has 0 aliphatic carbocycles. The van der Waals surface area contributed by atoms with Crippen LogP contribution in [0.5, 0.6) is 0 Å². The molecular formula is C25H26N4O3. The first-order chi connectivity index (χ1) is 15.3. The Morgan fingerprint density at radius 1 is 1.06 bits per heavy atom. The first-order valence-electron chi connectivity index (χ1n) is 10.4. The van der Waals surface area contributed by atoms with Gasteiger partial charge in [0.15, 0.2) is 0 Å². The van der Waals surface area contributed by atoms with E-state index in [9.17, 15) is 9.59 Å². The zero-order valence-corrected chi connectivity index (χ0v) is 18.8. The van der Waals surface area contributed by atoms with Gasteiger partial charge in [0.05, 0.1) is 30.1 Å². The van der Waals surface area contributed by atoms with Gasteiger partial charge in [-0.3, -0.25) is 0 Å². The van der Waals surface area contributed by atoms with Crippen molar-refractivity contribution in [2.75, 3.05) is 7.11 Å². The van der Waals surface area contributed by atoms with Crippen LogP contribution in [0.25, 0.3) is 16.9 Å². The number of urea groups is 1. The summed E-state index contributed by atoms with van der Waals surface area (Å²) in [7, 11) is 1.33. The smallest absolute Gasteiger partial charge is 0.337 e. The van der Waals surface area contributed by atoms with E-state index in [4.69, 9.17) is 9.84 Å². The van der Waals surface area contributed by atoms with Gasteiger partial charge in [0.25, 0.3) is 0 Å². The van der Waals surface area contributed by atoms with Gasteiger partial charge in [-0.05, 0) is 51.0 Å². The Bertz CT molecular complexity index is 1220. The normalized spacial score (nSPS) is 15.9. The molecule has 1 unspecified atom stereocenters. The summed E-state index contributed by atoms with van der Waals surface area (Å²) in [5.74, 6) is -0.504. The highest BCUT2D eigenvalue weighted by molar-refractivity contribution is 5.95. The second-order valence-electron chi connectivity index (χ2n) is 8.05. The number of allylic oxidation sites excluding steroid dienone is 1. The highest BCUT2D eigenvalue weighted by atomic mass is 16.5. The monoisotopic (exact) mass is 430 g/mol. The predicted molar refractivity (Wildman–Crippen MR) is 122 cm³/mol. The summed E-state index contributed by atoms with van der Waals surface area (Å²) < 4.78 is 6.81. The molecule has 0 fully saturated rings. The van der Waals surface area contributed by atoms with E-state index in [1.807, 2.05) is 50.4 Å². The lowest BCUT2D eigenvalue weighted by atomic mass is 9.90. The van der Waals surface area contributed by atoms with Crippen molar-refractivity contribution >= 4 is 12.0 Å². The fourth-order valence-corrected chi connectivity index (χ4v) is 4.37. The zero-order chi connectivity index (χ0) is 23.0. The number of nitrogens with one attached hydrogen (secondary N) is 2. The minimum Gasteiger partial charge on any atom is -0.466 e. The molecule has 0 spiro atoms. The molecule has 2 aromatic carbocycles. The molecule has 1 aromatic heterocycles. The number of hydrogen-bond donors (Lipinski definition) is 2. The van der Waals surface area contributed by atoms with E-state index in [2.05, 4.69) is 29.7 Å². The SMILES string of the molecule is COC(=O)C1=C(C)NC(=O)NC1c1cn(-c2ccccc2)nc1-c1c(C)cc(C)cc1C. The second-order valence-corrected chi connectivity index (χ2v) is 8.05. The number of aromatic nitrogens is 2. The molecule has 0 radical (unpaired) electrons. The Morgan fingerprint density at radius 2 is 1.72 bits per heavy atom. The Balaban J connectivity index is 1.99. The fourth-order valence-electron chi connectivity index (χ4n) is 4.37. The lowest BCUT2D eigenvalue weighted by molar-refractivity contribution is -0.136. The van der Waals surface area contributed by atoms with E-state index in [0.717, 1.165) is 33.5 Å². The number of benzene rings is 2. The molecule has 0 saturated carbocycles. The Morgan fingerprint density at radius 3 is 2.34 bits per heavy atom. The van der Waals surface area contributed by atoms with Gasteiger partial charge in [0.1, 0.15) is 0 Å². The van der Waals surface area contributed by atoms with E-state index in [-0.39, 0.29) is 6.03 Å². The second kappa shape index (κ2) is 8.34. The van der Waals surface area contributed by atoms with Gasteiger partial charge < -0.3 is 15.4 Å². The Kier molecular flexibility index (Phi) is 5.57. The van der Waals surface area contributed by atoms with Crippen LogP contribution in [0.15, 0.2) is 59.9 Å². The maximum absolute atomic E-state index is 12.7. The van der Waals surface area contributed by atoms with Crippen LogP contribution in [0.4, 0.5) is 4.79 Å². The summed E-state index contributed by atoms with van der Waals surface area (Å²) in [6.07, 6.45) is 1.87. The van der Waals surface area contributed by atoms with Crippen molar-refractivity contribution in [2.45, 2.75) is 33.7 Å². The molecule has 7 heteroatoms. The van der Waals surface area contributed by atoms with Crippen LogP contribution in [0.1, 0.15) is 35.2 Å². The molecule has 4 rings (SSSR count). The number of ether oxygens (including phenoxy) is 1. The number of esters is 1. The summed E-state index contributed by atoms with van der Waals surface area (Å²) in [5, 5.41) is 10.5. The van der Waals surface area contributed by atoms with E-state index >= 15 is 0 Å². The molecule has 1 atom stereocenters. The molecule has 7 nitrogen and oxygen atoms in total. The number of hydrogen-bond acceptors (Lipinski definition) is 4. The molecule has 2 N–H and O–H groups in total. The molecule has 0 bridgehead atoms. The largest absolute Gasteiger partial charge is 0.466 e. The summed E-state index contributed by atoms with van der Waals surface area (Å²) in [6, 6.07) is 12.9. The number of amides is 2. The third-order valence-corrected chi connectivity index (χ3v) is 5.66. The van der Waals surface area contributed by atoms with E-state index in [0.29, 0.717) is 17.0 Å². The van der Waals surface area contributed by atoms with Crippen LogP contribution in [-0.2, 0) is 9.53 Å². The molecule has 3 aromatic rings. The molecule has 1 aliphatic rings. The maximum atomic E-state index is 12.7. The van der Waals surface area contributed by atoms with Gasteiger partial charge in [-0.1, -0.05) is 35.9 Å². The fraction of sp³-hybridized carbons (Fsp3) is 0.240. The predicted octanol–water partition coefficient (Wildman–Crippen LogP) is 4.27. The Hall–Kier alpha value is -3.87. The van der Waals surface area contributed by atoms with Crippen molar-refractivity contribution in [3.63, 3.8) is 0 Å². The van der Waals surface area contributed by atoms with Gasteiger partial charge in [-0.2, -0.15) is 5.10 Å². The van der Waals surface area contributed by atoms with Gasteiger partial charge in [0, 0.05) is 23.0 Å². The van der Waals surface area contributed by atoms with Crippen LogP contribution >= 0.6 is 0 Å². The topological polar surface area (TPSA) is 85.2 Å². The van der Waals surface area contributed by atoms with Gasteiger partial charge >= 0.3 is 12.0 Å². The van der Waals surface area contributed by atoms with Crippen LogP contribution in [0.3, 0.4) is 0 Å². The molecular weight excluding hydrogens is 404 g/mol. The zero-order valence-electron chi connectivity index (χ0n) is 18.8. The average Bonchev–Trinajstić information content (AvgIpc) is 3.17. The van der Waals surface area contributed by atoms with Crippen molar-refractivity contribution in [1.82, 2.24) is 20.4 Å².